The molecule has 0 fully saturated rings. The standard InChI is InChI=1S/C21H20N4O/c1-16-2-4-18(5-3-16)12-23-21(26)20-13-24-25(15-20)14-19-8-6-17(7-9-19)10-11-22/h2-9,13,15H,10,12,14H2,1H3,(H,23,26). The van der Waals surface area contributed by atoms with Gasteiger partial charge in [0, 0.05) is 12.7 Å². The predicted octanol–water partition coefficient (Wildman–Crippen LogP) is 3.24. The van der Waals surface area contributed by atoms with Crippen LogP contribution >= 0.6 is 0 Å². The maximum Gasteiger partial charge on any atom is 0.254 e. The fourth-order valence-corrected chi connectivity index (χ4v) is 2.60. The van der Waals surface area contributed by atoms with Gasteiger partial charge in [-0.15, -0.1) is 0 Å². The topological polar surface area (TPSA) is 70.7 Å². The van der Waals surface area contributed by atoms with Crippen molar-refractivity contribution in [3.05, 3.63) is 88.7 Å². The van der Waals surface area contributed by atoms with Crippen molar-refractivity contribution >= 4 is 5.91 Å². The lowest BCUT2D eigenvalue weighted by Gasteiger charge is -2.04. The molecule has 0 radical (unpaired) electrons. The smallest absolute Gasteiger partial charge is 0.254 e. The number of aromatic nitrogens is 2. The summed E-state index contributed by atoms with van der Waals surface area (Å²) in [6.45, 7) is 3.11. The Balaban J connectivity index is 1.57. The minimum atomic E-state index is -0.138. The first-order chi connectivity index (χ1) is 12.6. The molecule has 1 amide bonds. The van der Waals surface area contributed by atoms with Crippen LogP contribution in [-0.4, -0.2) is 15.7 Å². The van der Waals surface area contributed by atoms with E-state index in [1.54, 1.807) is 17.1 Å². The third-order valence-electron chi connectivity index (χ3n) is 4.12. The Morgan fingerprint density at radius 1 is 1.08 bits per heavy atom. The summed E-state index contributed by atoms with van der Waals surface area (Å²) < 4.78 is 1.74. The number of amides is 1. The highest BCUT2D eigenvalue weighted by Crippen LogP contribution is 2.08. The first-order valence-corrected chi connectivity index (χ1v) is 8.45. The second-order valence-electron chi connectivity index (χ2n) is 6.25. The number of carbonyl (C=O) groups excluding carboxylic acids is 1. The number of nitriles is 1. The van der Waals surface area contributed by atoms with Crippen LogP contribution in [0.25, 0.3) is 0 Å². The normalized spacial score (nSPS) is 10.3. The van der Waals surface area contributed by atoms with Crippen LogP contribution < -0.4 is 5.32 Å². The third-order valence-corrected chi connectivity index (χ3v) is 4.12. The molecule has 0 aliphatic heterocycles. The summed E-state index contributed by atoms with van der Waals surface area (Å²) in [5, 5.41) is 15.9. The van der Waals surface area contributed by atoms with Crippen molar-refractivity contribution in [1.29, 1.82) is 5.26 Å². The summed E-state index contributed by atoms with van der Waals surface area (Å²) in [5.41, 5.74) is 4.86. The fraction of sp³-hybridized carbons (Fsp3) is 0.190. The number of carbonyl (C=O) groups is 1. The minimum Gasteiger partial charge on any atom is -0.348 e. The molecule has 0 atom stereocenters. The second kappa shape index (κ2) is 8.13. The van der Waals surface area contributed by atoms with E-state index in [4.69, 9.17) is 5.26 Å². The van der Waals surface area contributed by atoms with Crippen LogP contribution in [0.3, 0.4) is 0 Å². The summed E-state index contributed by atoms with van der Waals surface area (Å²) in [6, 6.07) is 18.0. The Kier molecular flexibility index (Phi) is 5.45. The summed E-state index contributed by atoms with van der Waals surface area (Å²) in [7, 11) is 0. The molecule has 5 heteroatoms. The van der Waals surface area contributed by atoms with Gasteiger partial charge in [0.2, 0.25) is 0 Å². The zero-order valence-electron chi connectivity index (χ0n) is 14.6. The van der Waals surface area contributed by atoms with Gasteiger partial charge in [0.05, 0.1) is 30.8 Å². The van der Waals surface area contributed by atoms with Crippen molar-refractivity contribution in [3.8, 4) is 6.07 Å². The molecule has 0 aliphatic rings. The monoisotopic (exact) mass is 344 g/mol. The van der Waals surface area contributed by atoms with Crippen LogP contribution in [-0.2, 0) is 19.5 Å². The SMILES string of the molecule is Cc1ccc(CNC(=O)c2cnn(Cc3ccc(CC#N)cc3)c2)cc1. The van der Waals surface area contributed by atoms with Crippen molar-refractivity contribution < 1.29 is 4.79 Å². The molecule has 26 heavy (non-hydrogen) atoms. The Bertz CT molecular complexity index is 918. The fourth-order valence-electron chi connectivity index (χ4n) is 2.60. The number of hydrogen-bond donors (Lipinski definition) is 1. The van der Waals surface area contributed by atoms with Crippen LogP contribution in [0.4, 0.5) is 0 Å². The molecule has 5 nitrogen and oxygen atoms in total. The van der Waals surface area contributed by atoms with E-state index in [2.05, 4.69) is 16.5 Å². The average Bonchev–Trinajstić information content (AvgIpc) is 3.11. The van der Waals surface area contributed by atoms with E-state index >= 15 is 0 Å². The summed E-state index contributed by atoms with van der Waals surface area (Å²) in [6.07, 6.45) is 3.73. The van der Waals surface area contributed by atoms with Crippen LogP contribution in [0.5, 0.6) is 0 Å². The molecule has 3 rings (SSSR count). The lowest BCUT2D eigenvalue weighted by atomic mass is 10.1. The highest BCUT2D eigenvalue weighted by atomic mass is 16.1. The molecule has 1 N–H and O–H groups in total. The largest absolute Gasteiger partial charge is 0.348 e. The van der Waals surface area contributed by atoms with E-state index < -0.39 is 0 Å². The predicted molar refractivity (Wildman–Crippen MR) is 99.4 cm³/mol. The van der Waals surface area contributed by atoms with E-state index in [1.807, 2.05) is 55.5 Å². The molecule has 130 valence electrons. The van der Waals surface area contributed by atoms with Crippen molar-refractivity contribution in [3.63, 3.8) is 0 Å². The molecule has 0 saturated carbocycles. The molecule has 1 heterocycles. The zero-order valence-corrected chi connectivity index (χ0v) is 14.6. The van der Waals surface area contributed by atoms with Crippen molar-refractivity contribution in [2.45, 2.75) is 26.4 Å². The van der Waals surface area contributed by atoms with E-state index in [1.165, 1.54) is 5.56 Å². The van der Waals surface area contributed by atoms with Gasteiger partial charge in [0.15, 0.2) is 0 Å². The Labute approximate surface area is 152 Å². The van der Waals surface area contributed by atoms with E-state index in [0.717, 1.165) is 16.7 Å². The summed E-state index contributed by atoms with van der Waals surface area (Å²) in [5.74, 6) is -0.138. The van der Waals surface area contributed by atoms with Crippen molar-refractivity contribution in [2.24, 2.45) is 0 Å². The molecular formula is C21H20N4O. The maximum atomic E-state index is 12.3. The average molecular weight is 344 g/mol. The van der Waals surface area contributed by atoms with Crippen LogP contribution in [0.2, 0.25) is 0 Å². The van der Waals surface area contributed by atoms with Gasteiger partial charge in [-0.05, 0) is 23.6 Å². The van der Waals surface area contributed by atoms with Crippen molar-refractivity contribution in [1.82, 2.24) is 15.1 Å². The number of hydrogen-bond acceptors (Lipinski definition) is 3. The number of rotatable bonds is 6. The molecule has 2 aromatic carbocycles. The van der Waals surface area contributed by atoms with Gasteiger partial charge in [0.1, 0.15) is 0 Å². The molecule has 0 spiro atoms. The number of nitrogens with one attached hydrogen (secondary N) is 1. The van der Waals surface area contributed by atoms with Crippen LogP contribution in [0.1, 0.15) is 32.6 Å². The number of benzene rings is 2. The molecule has 0 unspecified atom stereocenters. The Morgan fingerprint density at radius 3 is 2.42 bits per heavy atom. The molecular weight excluding hydrogens is 324 g/mol. The number of nitrogens with zero attached hydrogens (tertiary/aromatic N) is 3. The highest BCUT2D eigenvalue weighted by molar-refractivity contribution is 5.93. The van der Waals surface area contributed by atoms with Crippen LogP contribution in [0, 0.1) is 18.3 Å². The van der Waals surface area contributed by atoms with E-state index in [-0.39, 0.29) is 5.91 Å². The third kappa shape index (κ3) is 4.58. The second-order valence-corrected chi connectivity index (χ2v) is 6.25. The lowest BCUT2D eigenvalue weighted by Crippen LogP contribution is -2.22. The number of aryl methyl sites for hydroxylation is 1. The van der Waals surface area contributed by atoms with Crippen molar-refractivity contribution in [2.75, 3.05) is 0 Å². The van der Waals surface area contributed by atoms with E-state index in [9.17, 15) is 4.79 Å². The first kappa shape index (κ1) is 17.4. The van der Waals surface area contributed by atoms with Gasteiger partial charge in [0.25, 0.3) is 5.91 Å². The summed E-state index contributed by atoms with van der Waals surface area (Å²) >= 11 is 0. The lowest BCUT2D eigenvalue weighted by molar-refractivity contribution is 0.0951. The first-order valence-electron chi connectivity index (χ1n) is 8.45. The highest BCUT2D eigenvalue weighted by Gasteiger charge is 2.08. The van der Waals surface area contributed by atoms with Gasteiger partial charge in [-0.3, -0.25) is 9.48 Å². The van der Waals surface area contributed by atoms with Gasteiger partial charge in [-0.1, -0.05) is 54.1 Å². The zero-order chi connectivity index (χ0) is 18.4. The summed E-state index contributed by atoms with van der Waals surface area (Å²) in [4.78, 5) is 12.3. The molecule has 0 bridgehead atoms. The van der Waals surface area contributed by atoms with Gasteiger partial charge >= 0.3 is 0 Å². The quantitative estimate of drug-likeness (QED) is 0.746. The Hall–Kier alpha value is -3.39. The van der Waals surface area contributed by atoms with Gasteiger partial charge in [-0.25, -0.2) is 0 Å². The Morgan fingerprint density at radius 2 is 1.73 bits per heavy atom. The van der Waals surface area contributed by atoms with E-state index in [0.29, 0.717) is 25.1 Å². The molecule has 0 saturated heterocycles. The molecule has 1 aromatic heterocycles. The molecule has 3 aromatic rings. The van der Waals surface area contributed by atoms with Crippen LogP contribution in [0.15, 0.2) is 60.9 Å². The minimum absolute atomic E-state index is 0.138. The molecule has 0 aliphatic carbocycles. The van der Waals surface area contributed by atoms with Gasteiger partial charge < -0.3 is 5.32 Å². The maximum absolute atomic E-state index is 12.3. The van der Waals surface area contributed by atoms with Gasteiger partial charge in [-0.2, -0.15) is 10.4 Å².